The summed E-state index contributed by atoms with van der Waals surface area (Å²) in [6.45, 7) is 19.2. The minimum absolute atomic E-state index is 0.00171. The topological polar surface area (TPSA) is 6.48 Å². The fourth-order valence-electron chi connectivity index (χ4n) is 10.6. The maximum absolute atomic E-state index is 2.67. The lowest BCUT2D eigenvalue weighted by Crippen LogP contribution is -2.61. The first kappa shape index (κ1) is 38.1. The van der Waals surface area contributed by atoms with E-state index in [2.05, 4.69) is 217 Å². The number of hydrogen-bond donors (Lipinski definition) is 0. The van der Waals surface area contributed by atoms with E-state index >= 15 is 0 Å². The lowest BCUT2D eigenvalue weighted by Gasteiger charge is -2.47. The minimum Gasteiger partial charge on any atom is -0.311 e. The Hall–Kier alpha value is -5.84. The van der Waals surface area contributed by atoms with Gasteiger partial charge in [-0.3, -0.25) is 0 Å². The Balaban J connectivity index is 1.28. The van der Waals surface area contributed by atoms with Crippen molar-refractivity contribution in [3.05, 3.63) is 174 Å². The van der Waals surface area contributed by atoms with Gasteiger partial charge in [-0.25, -0.2) is 0 Å². The molecule has 3 heterocycles. The summed E-state index contributed by atoms with van der Waals surface area (Å²) < 4.78 is 2.74. The van der Waals surface area contributed by atoms with Crippen molar-refractivity contribution in [1.82, 2.24) is 0 Å². The molecule has 0 bridgehead atoms. The summed E-state index contributed by atoms with van der Waals surface area (Å²) in [6, 6.07) is 57.7. The molecule has 2 aliphatic heterocycles. The molecule has 11 rings (SSSR count). The third kappa shape index (κ3) is 5.97. The molecule has 61 heavy (non-hydrogen) atoms. The summed E-state index contributed by atoms with van der Waals surface area (Å²) in [5.41, 5.74) is 21.0. The van der Waals surface area contributed by atoms with Gasteiger partial charge in [0, 0.05) is 43.2 Å². The smallest absolute Gasteiger partial charge is 0.264 e. The molecule has 1 aromatic heterocycles. The van der Waals surface area contributed by atoms with Crippen LogP contribution in [0.2, 0.25) is 0 Å². The number of nitrogens with zero attached hydrogens (tertiary/aromatic N) is 2. The normalized spacial score (nSPS) is 15.9. The molecule has 0 N–H and O–H groups in total. The number of anilines is 6. The Labute approximate surface area is 366 Å². The summed E-state index contributed by atoms with van der Waals surface area (Å²) in [5, 5.41) is 1.31. The predicted octanol–water partition coefficient (Wildman–Crippen LogP) is 14.3. The fraction of sp³-hybridized carbons (Fsp3) is 0.228. The zero-order valence-corrected chi connectivity index (χ0v) is 37.5. The number of para-hydroxylation sites is 1. The van der Waals surface area contributed by atoms with Crippen LogP contribution in [-0.2, 0) is 16.2 Å². The van der Waals surface area contributed by atoms with Gasteiger partial charge < -0.3 is 9.80 Å². The molecule has 0 radical (unpaired) electrons. The highest BCUT2D eigenvalue weighted by Gasteiger charge is 2.48. The molecule has 0 unspecified atom stereocenters. The molecule has 1 aliphatic carbocycles. The van der Waals surface area contributed by atoms with Crippen LogP contribution in [-0.4, -0.2) is 6.71 Å². The molecule has 8 aromatic rings. The van der Waals surface area contributed by atoms with Gasteiger partial charge in [0.05, 0.1) is 11.4 Å². The van der Waals surface area contributed by atoms with E-state index in [-0.39, 0.29) is 23.0 Å². The standard InChI is InChI=1S/C57H53BN2S/c1-36-30-49-52-50(31-36)60(47-26-25-40(55(2,3)4)33-42(47)38-20-14-10-15-21-38)48-35-45-44(56(5,6)28-29-57(45,7)8)34-46(48)58(52)54-53(59(49)41-22-16-11-17-23-41)43-32-39(24-27-51(43)61-54)37-18-12-9-13-19-37/h9-27,30-35H,28-29H2,1-8H3. The molecule has 0 spiro atoms. The molecule has 0 saturated carbocycles. The largest absolute Gasteiger partial charge is 0.311 e. The van der Waals surface area contributed by atoms with E-state index < -0.39 is 0 Å². The van der Waals surface area contributed by atoms with Crippen molar-refractivity contribution in [3.8, 4) is 22.3 Å². The number of thiophene rings is 1. The quantitative estimate of drug-likeness (QED) is 0.163. The highest BCUT2D eigenvalue weighted by atomic mass is 32.1. The maximum atomic E-state index is 2.67. The minimum atomic E-state index is -0.00171. The van der Waals surface area contributed by atoms with E-state index in [1.54, 1.807) is 0 Å². The van der Waals surface area contributed by atoms with Crippen molar-refractivity contribution in [2.24, 2.45) is 0 Å². The summed E-state index contributed by atoms with van der Waals surface area (Å²) in [6.07, 6.45) is 2.34. The average Bonchev–Trinajstić information content (AvgIpc) is 3.63. The van der Waals surface area contributed by atoms with Gasteiger partial charge in [0.15, 0.2) is 0 Å². The first-order chi connectivity index (χ1) is 29.3. The van der Waals surface area contributed by atoms with E-state index in [9.17, 15) is 0 Å². The third-order valence-corrected chi connectivity index (χ3v) is 15.3. The summed E-state index contributed by atoms with van der Waals surface area (Å²) >= 11 is 1.99. The van der Waals surface area contributed by atoms with E-state index in [0.717, 1.165) is 0 Å². The Bertz CT molecular complexity index is 3030. The molecule has 3 aliphatic rings. The molecule has 0 amide bonds. The van der Waals surface area contributed by atoms with Crippen LogP contribution in [0.4, 0.5) is 34.1 Å². The zero-order valence-electron chi connectivity index (χ0n) is 36.7. The fourth-order valence-corrected chi connectivity index (χ4v) is 11.9. The molecule has 0 fully saturated rings. The molecule has 0 saturated heterocycles. The molecular formula is C57H53BN2S. The van der Waals surface area contributed by atoms with Gasteiger partial charge in [0.25, 0.3) is 6.71 Å². The molecule has 2 nitrogen and oxygen atoms in total. The van der Waals surface area contributed by atoms with E-state index in [0.29, 0.717) is 0 Å². The van der Waals surface area contributed by atoms with Gasteiger partial charge >= 0.3 is 0 Å². The van der Waals surface area contributed by atoms with Crippen LogP contribution in [0.25, 0.3) is 32.3 Å². The Morgan fingerprint density at radius 3 is 1.82 bits per heavy atom. The Morgan fingerprint density at radius 1 is 0.557 bits per heavy atom. The number of aryl methyl sites for hydroxylation is 1. The average molecular weight is 809 g/mol. The second-order valence-electron chi connectivity index (χ2n) is 20.1. The predicted molar refractivity (Wildman–Crippen MR) is 265 cm³/mol. The van der Waals surface area contributed by atoms with E-state index in [1.165, 1.54) is 117 Å². The van der Waals surface area contributed by atoms with Gasteiger partial charge in [-0.1, -0.05) is 146 Å². The van der Waals surface area contributed by atoms with Crippen LogP contribution in [0, 0.1) is 6.92 Å². The van der Waals surface area contributed by atoms with E-state index in [1.807, 2.05) is 11.3 Å². The zero-order chi connectivity index (χ0) is 42.0. The van der Waals surface area contributed by atoms with Crippen molar-refractivity contribution in [1.29, 1.82) is 0 Å². The lowest BCUT2D eigenvalue weighted by atomic mass is 9.35. The van der Waals surface area contributed by atoms with Crippen LogP contribution in [0.3, 0.4) is 0 Å². The van der Waals surface area contributed by atoms with Crippen LogP contribution >= 0.6 is 11.3 Å². The number of benzene rings is 7. The first-order valence-corrected chi connectivity index (χ1v) is 22.9. The van der Waals surface area contributed by atoms with Gasteiger partial charge in [-0.2, -0.15) is 0 Å². The highest BCUT2D eigenvalue weighted by molar-refractivity contribution is 7.33. The monoisotopic (exact) mass is 808 g/mol. The Morgan fingerprint density at radius 2 is 1.16 bits per heavy atom. The highest BCUT2D eigenvalue weighted by Crippen LogP contribution is 2.53. The van der Waals surface area contributed by atoms with Crippen molar-refractivity contribution in [3.63, 3.8) is 0 Å². The molecule has 7 aromatic carbocycles. The number of hydrogen-bond acceptors (Lipinski definition) is 3. The lowest BCUT2D eigenvalue weighted by molar-refractivity contribution is 0.332. The Kier molecular flexibility index (Phi) is 8.49. The second-order valence-corrected chi connectivity index (χ2v) is 21.2. The van der Waals surface area contributed by atoms with Crippen molar-refractivity contribution in [2.45, 2.75) is 84.5 Å². The van der Waals surface area contributed by atoms with Crippen LogP contribution in [0.1, 0.15) is 83.6 Å². The maximum Gasteiger partial charge on any atom is 0.264 e. The van der Waals surface area contributed by atoms with Crippen LogP contribution in [0.5, 0.6) is 0 Å². The second kappa shape index (κ2) is 13.6. The third-order valence-electron chi connectivity index (χ3n) is 14.1. The van der Waals surface area contributed by atoms with Gasteiger partial charge in [0.1, 0.15) is 0 Å². The van der Waals surface area contributed by atoms with Gasteiger partial charge in [-0.15, -0.1) is 11.3 Å². The van der Waals surface area contributed by atoms with Gasteiger partial charge in [0.2, 0.25) is 0 Å². The number of rotatable bonds is 4. The molecular weight excluding hydrogens is 756 g/mol. The summed E-state index contributed by atoms with van der Waals surface area (Å²) in [4.78, 5) is 5.26. The van der Waals surface area contributed by atoms with Crippen LogP contribution < -0.4 is 25.5 Å². The van der Waals surface area contributed by atoms with Crippen molar-refractivity contribution >= 4 is 78.0 Å². The van der Waals surface area contributed by atoms with E-state index in [4.69, 9.17) is 0 Å². The molecule has 4 heteroatoms. The summed E-state index contributed by atoms with van der Waals surface area (Å²) in [5.74, 6) is 0. The molecule has 300 valence electrons. The SMILES string of the molecule is Cc1cc2c3c(c1)N(c1ccccc1)c1c(sc4ccc(-c5ccccc5)cc14)B3c1cc3c(cc1N2c1ccc(C(C)(C)C)cc1-c1ccccc1)C(C)(C)CCC3(C)C. The summed E-state index contributed by atoms with van der Waals surface area (Å²) in [7, 11) is 0. The van der Waals surface area contributed by atoms with Crippen LogP contribution in [0.15, 0.2) is 152 Å². The number of fused-ring (bicyclic) bond motifs is 7. The van der Waals surface area contributed by atoms with Crippen molar-refractivity contribution < 1.29 is 0 Å². The molecule has 0 atom stereocenters. The van der Waals surface area contributed by atoms with Crippen molar-refractivity contribution in [2.75, 3.05) is 9.80 Å². The first-order valence-electron chi connectivity index (χ1n) is 22.1. The van der Waals surface area contributed by atoms with Gasteiger partial charge in [-0.05, 0) is 140 Å².